The van der Waals surface area contributed by atoms with E-state index in [1.807, 2.05) is 24.3 Å². The van der Waals surface area contributed by atoms with Crippen LogP contribution in [0.3, 0.4) is 0 Å². The van der Waals surface area contributed by atoms with Crippen molar-refractivity contribution in [3.8, 4) is 22.8 Å². The molecule has 8 rings (SSSR count). The van der Waals surface area contributed by atoms with Gasteiger partial charge in [-0.2, -0.15) is 0 Å². The molecule has 0 aliphatic carbocycles. The average molecular weight is 937 g/mol. The summed E-state index contributed by atoms with van der Waals surface area (Å²) in [7, 11) is 0. The number of H-pyrrole nitrogens is 2. The number of carboxylic acids is 1. The van der Waals surface area contributed by atoms with Crippen LogP contribution in [0.4, 0.5) is 11.4 Å². The fourth-order valence-corrected chi connectivity index (χ4v) is 7.79. The number of esters is 1. The molecule has 324 valence electrons. The van der Waals surface area contributed by atoms with Crippen LogP contribution in [0.15, 0.2) is 121 Å². The number of nitrogens with one attached hydrogen (secondary N) is 4. The predicted molar refractivity (Wildman–Crippen MR) is 253 cm³/mol. The van der Waals surface area contributed by atoms with Crippen LogP contribution >= 0.6 is 46.4 Å². The van der Waals surface area contributed by atoms with E-state index in [1.54, 1.807) is 104 Å². The maximum Gasteiger partial charge on any atom is 0.306 e. The average Bonchev–Trinajstić information content (AvgIpc) is 3.90. The van der Waals surface area contributed by atoms with Gasteiger partial charge in [-0.15, -0.1) is 0 Å². The zero-order chi connectivity index (χ0) is 45.3. The van der Waals surface area contributed by atoms with Gasteiger partial charge in [-0.3, -0.25) is 19.2 Å². The summed E-state index contributed by atoms with van der Waals surface area (Å²) in [5.41, 5.74) is 8.10. The number of aromatic nitrogens is 4. The van der Waals surface area contributed by atoms with E-state index in [1.165, 1.54) is 0 Å². The van der Waals surface area contributed by atoms with Gasteiger partial charge in [0.05, 0.1) is 59.9 Å². The van der Waals surface area contributed by atoms with E-state index in [0.29, 0.717) is 113 Å². The summed E-state index contributed by atoms with van der Waals surface area (Å²) in [5.74, 6) is -0.512. The van der Waals surface area contributed by atoms with E-state index >= 15 is 0 Å². The van der Waals surface area contributed by atoms with Crippen LogP contribution in [0.5, 0.6) is 0 Å². The predicted octanol–water partition coefficient (Wildman–Crippen LogP) is 12.1. The van der Waals surface area contributed by atoms with Crippen LogP contribution in [-0.4, -0.2) is 55.4 Å². The molecule has 0 unspecified atom stereocenters. The smallest absolute Gasteiger partial charge is 0.306 e. The molecular weight excluding hydrogens is 898 g/mol. The summed E-state index contributed by atoms with van der Waals surface area (Å²) in [4.78, 5) is 63.1. The largest absolute Gasteiger partial charge is 0.481 e. The number of hydrogen-bond donors (Lipinski definition) is 5. The summed E-state index contributed by atoms with van der Waals surface area (Å²) >= 11 is 25.1. The number of aliphatic carboxylic acids is 1. The lowest BCUT2D eigenvalue weighted by Gasteiger charge is -2.07. The number of halogens is 4. The molecule has 0 fully saturated rings. The lowest BCUT2D eigenvalue weighted by molar-refractivity contribution is -0.143. The van der Waals surface area contributed by atoms with Crippen molar-refractivity contribution in [2.45, 2.75) is 32.6 Å². The first kappa shape index (κ1) is 45.3. The van der Waals surface area contributed by atoms with Gasteiger partial charge in [0.15, 0.2) is 0 Å². The van der Waals surface area contributed by atoms with Crippen LogP contribution in [0.2, 0.25) is 20.1 Å². The highest BCUT2D eigenvalue weighted by molar-refractivity contribution is 6.39. The molecule has 0 atom stereocenters. The van der Waals surface area contributed by atoms with Crippen molar-refractivity contribution in [2.75, 3.05) is 17.2 Å². The number of aromatic amines is 2. The molecule has 0 radical (unpaired) electrons. The Bertz CT molecular complexity index is 2970. The Morgan fingerprint density at radius 1 is 0.578 bits per heavy atom. The van der Waals surface area contributed by atoms with Gasteiger partial charge in [-0.05, 0) is 116 Å². The molecule has 0 bridgehead atoms. The number of carbonyl (C=O) groups is 4. The molecule has 6 aromatic carbocycles. The number of aryl methyl sites for hydroxylation is 2. The van der Waals surface area contributed by atoms with E-state index in [2.05, 4.69) is 30.6 Å². The van der Waals surface area contributed by atoms with Crippen molar-refractivity contribution in [2.24, 2.45) is 0 Å². The Morgan fingerprint density at radius 3 is 1.38 bits per heavy atom. The Balaban J connectivity index is 0.000000192. The minimum absolute atomic E-state index is 0.0668. The van der Waals surface area contributed by atoms with Crippen molar-refractivity contribution >= 4 is 104 Å². The second-order valence-electron chi connectivity index (χ2n) is 14.3. The molecule has 8 aromatic rings. The molecule has 0 saturated carbocycles. The number of hydrogen-bond acceptors (Lipinski definition) is 7. The van der Waals surface area contributed by atoms with Crippen LogP contribution in [-0.2, 0) is 27.2 Å². The van der Waals surface area contributed by atoms with Crippen molar-refractivity contribution < 1.29 is 29.0 Å². The van der Waals surface area contributed by atoms with E-state index in [0.717, 1.165) is 11.1 Å². The van der Waals surface area contributed by atoms with Crippen LogP contribution in [0.25, 0.3) is 44.8 Å². The van der Waals surface area contributed by atoms with Crippen molar-refractivity contribution in [1.82, 2.24) is 19.9 Å². The fourth-order valence-electron chi connectivity index (χ4n) is 6.63. The van der Waals surface area contributed by atoms with Gasteiger partial charge < -0.3 is 30.4 Å². The zero-order valence-corrected chi connectivity index (χ0v) is 37.0. The number of rotatable bonds is 13. The minimum atomic E-state index is -0.841. The van der Waals surface area contributed by atoms with Crippen molar-refractivity contribution in [1.29, 1.82) is 0 Å². The minimum Gasteiger partial charge on any atom is -0.481 e. The number of imidazole rings is 2. The Labute approximate surface area is 386 Å². The normalized spacial score (nSPS) is 10.9. The third kappa shape index (κ3) is 11.3. The molecule has 5 N–H and O–H groups in total. The van der Waals surface area contributed by atoms with E-state index < -0.39 is 5.97 Å². The number of anilines is 2. The van der Waals surface area contributed by atoms with Gasteiger partial charge in [-0.1, -0.05) is 82.8 Å². The number of benzene rings is 6. The highest BCUT2D eigenvalue weighted by Gasteiger charge is 2.17. The highest BCUT2D eigenvalue weighted by Crippen LogP contribution is 2.35. The molecule has 12 nitrogen and oxygen atoms in total. The lowest BCUT2D eigenvalue weighted by Crippen LogP contribution is -2.11. The monoisotopic (exact) mass is 934 g/mol. The zero-order valence-electron chi connectivity index (χ0n) is 34.0. The Kier molecular flexibility index (Phi) is 14.6. The first-order valence-corrected chi connectivity index (χ1v) is 21.4. The van der Waals surface area contributed by atoms with Gasteiger partial charge in [0.1, 0.15) is 11.6 Å². The first-order valence-electron chi connectivity index (χ1n) is 19.9. The second-order valence-corrected chi connectivity index (χ2v) is 16.0. The second kappa shape index (κ2) is 20.7. The molecule has 0 aliphatic heterocycles. The quantitative estimate of drug-likeness (QED) is 0.0709. The molecule has 64 heavy (non-hydrogen) atoms. The maximum absolute atomic E-state index is 12.8. The number of amides is 2. The molecule has 2 amide bonds. The number of carboxylic acid groups (broad SMARTS) is 1. The lowest BCUT2D eigenvalue weighted by atomic mass is 10.1. The van der Waals surface area contributed by atoms with E-state index in [4.69, 9.17) is 56.2 Å². The maximum atomic E-state index is 12.8. The highest BCUT2D eigenvalue weighted by atomic mass is 35.5. The van der Waals surface area contributed by atoms with Gasteiger partial charge >= 0.3 is 11.9 Å². The summed E-state index contributed by atoms with van der Waals surface area (Å²) in [6, 6.07) is 35.4. The summed E-state index contributed by atoms with van der Waals surface area (Å²) in [6.07, 6.45) is 1.42. The first-order chi connectivity index (χ1) is 30.8. The SMILES string of the molecule is CCOC(=O)CCc1ccc(NC(=O)c2ccc3nc(-c4c(Cl)cccc4Cl)[nH]c3c2)cc1.O=C(O)CCc1ccc(NC(=O)c2ccc3nc(-c4c(Cl)cccc4Cl)[nH]c3c2)cc1. The van der Waals surface area contributed by atoms with Gasteiger partial charge in [0.25, 0.3) is 11.8 Å². The molecule has 0 aliphatic rings. The number of ether oxygens (including phenoxy) is 1. The molecule has 0 saturated heterocycles. The summed E-state index contributed by atoms with van der Waals surface area (Å²) in [6.45, 7) is 2.16. The van der Waals surface area contributed by atoms with Gasteiger partial charge in [0.2, 0.25) is 0 Å². The number of nitrogens with zero attached hydrogens (tertiary/aromatic N) is 2. The van der Waals surface area contributed by atoms with Crippen molar-refractivity contribution in [3.05, 3.63) is 164 Å². The van der Waals surface area contributed by atoms with Crippen molar-refractivity contribution in [3.63, 3.8) is 0 Å². The molecule has 0 spiro atoms. The topological polar surface area (TPSA) is 179 Å². The third-order valence-corrected chi connectivity index (χ3v) is 11.1. The fraction of sp³-hybridized carbons (Fsp3) is 0.125. The summed E-state index contributed by atoms with van der Waals surface area (Å²) in [5, 5.41) is 16.4. The van der Waals surface area contributed by atoms with Crippen LogP contribution in [0.1, 0.15) is 51.6 Å². The summed E-state index contributed by atoms with van der Waals surface area (Å²) < 4.78 is 4.94. The van der Waals surface area contributed by atoms with Crippen LogP contribution < -0.4 is 10.6 Å². The number of carbonyl (C=O) groups excluding carboxylic acids is 3. The van der Waals surface area contributed by atoms with Crippen LogP contribution in [0, 0.1) is 0 Å². The standard InChI is InChI=1S/C25H21Cl2N3O3.C23H17Cl2N3O3/c1-2-33-22(31)13-8-15-6-10-17(11-7-15)28-25(32)16-9-12-20-21(14-16)30-24(29-20)23-18(26)4-3-5-19(23)27;24-16-2-1-3-17(25)21(16)22-27-18-10-7-14(12-19(18)28-22)23(31)26-15-8-4-13(5-9-15)6-11-20(29)30/h3-7,9-12,14H,2,8,13H2,1H3,(H,28,32)(H,29,30);1-5,7-10,12H,6,11H2,(H,26,31)(H,27,28)(H,29,30). The van der Waals surface area contributed by atoms with Gasteiger partial charge in [-0.25, -0.2) is 9.97 Å². The molecule has 16 heteroatoms. The molecule has 2 aromatic heterocycles. The molecule has 2 heterocycles. The van der Waals surface area contributed by atoms with Gasteiger partial charge in [0, 0.05) is 35.3 Å². The Morgan fingerprint density at radius 2 is 0.984 bits per heavy atom. The third-order valence-electron chi connectivity index (χ3n) is 9.86. The van der Waals surface area contributed by atoms with E-state index in [-0.39, 0.29) is 24.2 Å². The number of fused-ring (bicyclic) bond motifs is 2. The Hall–Kier alpha value is -6.70. The molecular formula is C48H38Cl4N6O6. The van der Waals surface area contributed by atoms with E-state index in [9.17, 15) is 19.2 Å².